The van der Waals surface area contributed by atoms with Crippen LogP contribution in [0.15, 0.2) is 42.6 Å². The lowest BCUT2D eigenvalue weighted by Gasteiger charge is -2.26. The van der Waals surface area contributed by atoms with Gasteiger partial charge in [0.1, 0.15) is 5.75 Å². The van der Waals surface area contributed by atoms with E-state index >= 15 is 0 Å². The van der Waals surface area contributed by atoms with E-state index in [4.69, 9.17) is 4.74 Å². The van der Waals surface area contributed by atoms with E-state index in [9.17, 15) is 5.11 Å². The molecule has 0 spiro atoms. The first-order valence-corrected chi connectivity index (χ1v) is 7.30. The molecule has 1 aromatic carbocycles. The molecule has 1 aliphatic carbocycles. The summed E-state index contributed by atoms with van der Waals surface area (Å²) in [5.74, 6) is 1.85. The SMILES string of the molecule is OC1CCC(Nc2nccc(Oc3ccccc3)n2)CC1. The largest absolute Gasteiger partial charge is 0.439 e. The van der Waals surface area contributed by atoms with Gasteiger partial charge in [-0.05, 0) is 37.8 Å². The molecule has 1 heterocycles. The number of para-hydroxylation sites is 1. The third-order valence-corrected chi connectivity index (χ3v) is 3.63. The summed E-state index contributed by atoms with van der Waals surface area (Å²) in [6.45, 7) is 0. The molecular formula is C16H19N3O2. The van der Waals surface area contributed by atoms with Crippen molar-refractivity contribution in [2.45, 2.75) is 37.8 Å². The molecule has 2 N–H and O–H groups in total. The van der Waals surface area contributed by atoms with Crippen molar-refractivity contribution in [3.63, 3.8) is 0 Å². The Balaban J connectivity index is 1.63. The van der Waals surface area contributed by atoms with Crippen molar-refractivity contribution in [1.82, 2.24) is 9.97 Å². The highest BCUT2D eigenvalue weighted by atomic mass is 16.5. The van der Waals surface area contributed by atoms with E-state index < -0.39 is 0 Å². The number of ether oxygens (including phenoxy) is 1. The first kappa shape index (κ1) is 13.8. The van der Waals surface area contributed by atoms with Crippen LogP contribution in [-0.4, -0.2) is 27.2 Å². The third kappa shape index (κ3) is 3.92. The molecule has 3 rings (SSSR count). The second-order valence-electron chi connectivity index (χ2n) is 5.28. The van der Waals surface area contributed by atoms with Gasteiger partial charge in [-0.15, -0.1) is 0 Å². The van der Waals surface area contributed by atoms with E-state index in [0.717, 1.165) is 31.4 Å². The van der Waals surface area contributed by atoms with Crippen molar-refractivity contribution in [3.8, 4) is 11.6 Å². The predicted octanol–water partition coefficient (Wildman–Crippen LogP) is 2.98. The second-order valence-corrected chi connectivity index (χ2v) is 5.28. The van der Waals surface area contributed by atoms with Gasteiger partial charge in [0.25, 0.3) is 0 Å². The molecule has 1 fully saturated rings. The van der Waals surface area contributed by atoms with Gasteiger partial charge in [-0.3, -0.25) is 0 Å². The summed E-state index contributed by atoms with van der Waals surface area (Å²) in [7, 11) is 0. The summed E-state index contributed by atoms with van der Waals surface area (Å²) >= 11 is 0. The molecule has 5 heteroatoms. The minimum Gasteiger partial charge on any atom is -0.439 e. The first-order chi connectivity index (χ1) is 10.3. The van der Waals surface area contributed by atoms with Crippen molar-refractivity contribution in [2.24, 2.45) is 0 Å². The van der Waals surface area contributed by atoms with Crippen molar-refractivity contribution in [1.29, 1.82) is 0 Å². The van der Waals surface area contributed by atoms with Gasteiger partial charge in [-0.1, -0.05) is 18.2 Å². The van der Waals surface area contributed by atoms with Crippen LogP contribution in [0.25, 0.3) is 0 Å². The Labute approximate surface area is 124 Å². The quantitative estimate of drug-likeness (QED) is 0.904. The summed E-state index contributed by atoms with van der Waals surface area (Å²) in [5.41, 5.74) is 0. The Kier molecular flexibility index (Phi) is 4.31. The summed E-state index contributed by atoms with van der Waals surface area (Å²) < 4.78 is 5.69. The number of nitrogens with one attached hydrogen (secondary N) is 1. The third-order valence-electron chi connectivity index (χ3n) is 3.63. The normalized spacial score (nSPS) is 21.8. The molecule has 1 aromatic heterocycles. The zero-order valence-corrected chi connectivity index (χ0v) is 11.8. The van der Waals surface area contributed by atoms with E-state index in [-0.39, 0.29) is 6.10 Å². The van der Waals surface area contributed by atoms with Crippen LogP contribution in [0.2, 0.25) is 0 Å². The number of nitrogens with zero attached hydrogens (tertiary/aromatic N) is 2. The van der Waals surface area contributed by atoms with Crippen LogP contribution < -0.4 is 10.1 Å². The average molecular weight is 285 g/mol. The Bertz CT molecular complexity index is 569. The van der Waals surface area contributed by atoms with Gasteiger partial charge in [0.05, 0.1) is 6.10 Å². The average Bonchev–Trinajstić information content (AvgIpc) is 2.51. The van der Waals surface area contributed by atoms with Gasteiger partial charge < -0.3 is 15.2 Å². The maximum atomic E-state index is 9.52. The topological polar surface area (TPSA) is 67.3 Å². The van der Waals surface area contributed by atoms with Gasteiger partial charge in [-0.25, -0.2) is 4.98 Å². The maximum Gasteiger partial charge on any atom is 0.226 e. The van der Waals surface area contributed by atoms with Crippen LogP contribution in [0.5, 0.6) is 11.6 Å². The van der Waals surface area contributed by atoms with E-state index in [1.54, 1.807) is 12.3 Å². The highest BCUT2D eigenvalue weighted by molar-refractivity contribution is 5.32. The molecule has 1 aliphatic rings. The number of hydrogen-bond acceptors (Lipinski definition) is 5. The number of aromatic nitrogens is 2. The summed E-state index contributed by atoms with van der Waals surface area (Å²) in [6.07, 6.45) is 5.07. The molecule has 1 saturated carbocycles. The molecule has 0 bridgehead atoms. The predicted molar refractivity (Wildman–Crippen MR) is 80.4 cm³/mol. The van der Waals surface area contributed by atoms with Crippen molar-refractivity contribution >= 4 is 5.95 Å². The molecule has 5 nitrogen and oxygen atoms in total. The van der Waals surface area contributed by atoms with Crippen LogP contribution in [-0.2, 0) is 0 Å². The fourth-order valence-corrected chi connectivity index (χ4v) is 2.48. The highest BCUT2D eigenvalue weighted by Crippen LogP contribution is 2.23. The number of aliphatic hydroxyl groups excluding tert-OH is 1. The van der Waals surface area contributed by atoms with Crippen molar-refractivity contribution < 1.29 is 9.84 Å². The highest BCUT2D eigenvalue weighted by Gasteiger charge is 2.19. The van der Waals surface area contributed by atoms with Crippen LogP contribution in [0.4, 0.5) is 5.95 Å². The molecule has 0 amide bonds. The minimum atomic E-state index is -0.156. The molecule has 0 unspecified atom stereocenters. The van der Waals surface area contributed by atoms with Crippen LogP contribution in [0.3, 0.4) is 0 Å². The Morgan fingerprint density at radius 2 is 1.81 bits per heavy atom. The summed E-state index contributed by atoms with van der Waals surface area (Å²) in [4.78, 5) is 8.60. The van der Waals surface area contributed by atoms with E-state index in [1.165, 1.54) is 0 Å². The standard InChI is InChI=1S/C16H19N3O2/c20-13-8-6-12(7-9-13)18-16-17-11-10-15(19-16)21-14-4-2-1-3-5-14/h1-5,10-13,20H,6-9H2,(H,17,18,19). The lowest BCUT2D eigenvalue weighted by Crippen LogP contribution is -2.28. The fourth-order valence-electron chi connectivity index (χ4n) is 2.48. The van der Waals surface area contributed by atoms with Gasteiger partial charge in [0, 0.05) is 18.3 Å². The first-order valence-electron chi connectivity index (χ1n) is 7.30. The zero-order valence-electron chi connectivity index (χ0n) is 11.8. The zero-order chi connectivity index (χ0) is 14.5. The number of aliphatic hydroxyl groups is 1. The molecule has 0 aliphatic heterocycles. The van der Waals surface area contributed by atoms with Gasteiger partial charge >= 0.3 is 0 Å². The van der Waals surface area contributed by atoms with Gasteiger partial charge in [-0.2, -0.15) is 4.98 Å². The second kappa shape index (κ2) is 6.54. The fraction of sp³-hybridized carbons (Fsp3) is 0.375. The molecule has 110 valence electrons. The van der Waals surface area contributed by atoms with Gasteiger partial charge in [0.2, 0.25) is 11.8 Å². The van der Waals surface area contributed by atoms with Crippen LogP contribution in [0.1, 0.15) is 25.7 Å². The van der Waals surface area contributed by atoms with E-state index in [1.807, 2.05) is 30.3 Å². The van der Waals surface area contributed by atoms with E-state index in [0.29, 0.717) is 17.9 Å². The van der Waals surface area contributed by atoms with Crippen molar-refractivity contribution in [2.75, 3.05) is 5.32 Å². The Hall–Kier alpha value is -2.14. The number of anilines is 1. The molecule has 0 saturated heterocycles. The molecule has 2 aromatic rings. The molecule has 21 heavy (non-hydrogen) atoms. The molecular weight excluding hydrogens is 266 g/mol. The lowest BCUT2D eigenvalue weighted by atomic mass is 9.93. The van der Waals surface area contributed by atoms with Gasteiger partial charge in [0.15, 0.2) is 0 Å². The summed E-state index contributed by atoms with van der Waals surface area (Å²) in [5, 5.41) is 12.8. The smallest absolute Gasteiger partial charge is 0.226 e. The lowest BCUT2D eigenvalue weighted by molar-refractivity contribution is 0.126. The monoisotopic (exact) mass is 285 g/mol. The van der Waals surface area contributed by atoms with Crippen LogP contribution in [0, 0.1) is 0 Å². The molecule has 0 atom stereocenters. The minimum absolute atomic E-state index is 0.156. The number of benzene rings is 1. The Morgan fingerprint density at radius 1 is 1.05 bits per heavy atom. The van der Waals surface area contributed by atoms with Crippen LogP contribution >= 0.6 is 0 Å². The number of hydrogen-bond donors (Lipinski definition) is 2. The summed E-state index contributed by atoms with van der Waals surface area (Å²) in [6, 6.07) is 11.6. The maximum absolute atomic E-state index is 9.52. The Morgan fingerprint density at radius 3 is 2.57 bits per heavy atom. The van der Waals surface area contributed by atoms with E-state index in [2.05, 4.69) is 15.3 Å². The molecule has 0 radical (unpaired) electrons. The number of rotatable bonds is 4. The van der Waals surface area contributed by atoms with Crippen molar-refractivity contribution in [3.05, 3.63) is 42.6 Å².